The molecule has 10 atom stereocenters. The van der Waals surface area contributed by atoms with Crippen LogP contribution in [0.1, 0.15) is 52.9 Å². The van der Waals surface area contributed by atoms with Crippen LogP contribution >= 0.6 is 0 Å². The monoisotopic (exact) mass is 1000 g/mol. The normalized spacial score (nSPS) is 19.8. The number of hydrogen-bond donors (Lipinski definition) is 16. The van der Waals surface area contributed by atoms with Crippen molar-refractivity contribution >= 4 is 47.5 Å². The van der Waals surface area contributed by atoms with Gasteiger partial charge in [0.2, 0.25) is 17.7 Å². The van der Waals surface area contributed by atoms with Crippen LogP contribution in [0.5, 0.6) is 0 Å². The molecule has 69 heavy (non-hydrogen) atoms. The molecule has 0 aromatic rings. The van der Waals surface area contributed by atoms with E-state index in [0.717, 1.165) is 4.90 Å². The summed E-state index contributed by atoms with van der Waals surface area (Å²) in [5.41, 5.74) is -1.70. The summed E-state index contributed by atoms with van der Waals surface area (Å²) in [6.45, 7) is -0.572. The molecule has 29 nitrogen and oxygen atoms in total. The number of aliphatic hydroxyl groups is 10. The third-order valence-corrected chi connectivity index (χ3v) is 11.4. The van der Waals surface area contributed by atoms with E-state index in [1.54, 1.807) is 13.8 Å². The second kappa shape index (κ2) is 30.1. The molecule has 4 amide bonds. The van der Waals surface area contributed by atoms with Gasteiger partial charge in [0, 0.05) is 71.0 Å². The summed E-state index contributed by atoms with van der Waals surface area (Å²) >= 11 is 0. The van der Waals surface area contributed by atoms with Crippen molar-refractivity contribution in [3.05, 3.63) is 0 Å². The zero-order chi connectivity index (χ0) is 52.9. The summed E-state index contributed by atoms with van der Waals surface area (Å²) in [6, 6.07) is -3.38. The van der Waals surface area contributed by atoms with Crippen molar-refractivity contribution < 1.29 is 110 Å². The molecule has 0 radical (unpaired) electrons. The number of aliphatic hydroxyl groups excluding tert-OH is 9. The first-order valence-corrected chi connectivity index (χ1v) is 22.1. The van der Waals surface area contributed by atoms with Crippen LogP contribution in [0.4, 0.5) is 0 Å². The number of amides is 4. The molecular weight excluding hydrogens is 930 g/mol. The quantitative estimate of drug-likeness (QED) is 0.0272. The standard InChI is InChI=1S/C40H71N7O22/c1-4-8-43(10-6-41-26(51)16-24(49)31(58)35(62)39(68)69)27(52)14-22(37(64)65)45-12-13-46(21-40(3,20-45)47(17-29(54)55)18-30(56)57)23(38(66)67)15-28(53)44(9-5-2)11-7-42-36(63)34(61)33(60)32(59)25(50)19-48/h22-25,31-35,39,48-50,58-62,68-69H,4-21H2,1-3H3,(H,41,51)(H,42,63)(H,54,55)(H,56,57)(H,64,65)(H,66,67). The molecular formula is C40H71N7O22. The molecule has 10 unspecified atom stereocenters. The molecule has 0 saturated carbocycles. The third-order valence-electron chi connectivity index (χ3n) is 11.4. The minimum atomic E-state index is -2.41. The van der Waals surface area contributed by atoms with Gasteiger partial charge in [-0.05, 0) is 19.8 Å². The Morgan fingerprint density at radius 2 is 1.00 bits per heavy atom. The maximum atomic E-state index is 13.8. The van der Waals surface area contributed by atoms with Crippen molar-refractivity contribution in [1.82, 2.24) is 35.1 Å². The van der Waals surface area contributed by atoms with Gasteiger partial charge < -0.3 is 91.9 Å². The summed E-state index contributed by atoms with van der Waals surface area (Å²) < 4.78 is 0. The number of carboxylic acids is 4. The summed E-state index contributed by atoms with van der Waals surface area (Å²) in [5, 5.41) is 141. The molecule has 398 valence electrons. The van der Waals surface area contributed by atoms with Crippen molar-refractivity contribution in [1.29, 1.82) is 0 Å². The average molecular weight is 1000 g/mol. The Bertz CT molecular complexity index is 1680. The fraction of sp³-hybridized carbons (Fsp3) is 0.800. The molecule has 0 aromatic carbocycles. The highest BCUT2D eigenvalue weighted by Crippen LogP contribution is 2.27. The van der Waals surface area contributed by atoms with Crippen LogP contribution in [0.3, 0.4) is 0 Å². The molecule has 1 rings (SSSR count). The SMILES string of the molecule is CCCN(CCNC(=O)CC(O)C(O)C(O)C(O)O)C(=O)CC(C(=O)O)N1CCN(C(CC(=O)N(CCC)CCNC(=O)C(O)C(O)C(O)C(O)CO)C(=O)O)CC(C)(N(CC(=O)O)CC(=O)O)C1. The Morgan fingerprint density at radius 1 is 0.580 bits per heavy atom. The molecule has 1 heterocycles. The number of rotatable bonds is 33. The van der Waals surface area contributed by atoms with Crippen LogP contribution in [0, 0.1) is 0 Å². The van der Waals surface area contributed by atoms with Crippen molar-refractivity contribution in [3.63, 3.8) is 0 Å². The highest BCUT2D eigenvalue weighted by Gasteiger charge is 2.46. The summed E-state index contributed by atoms with van der Waals surface area (Å²) in [4.78, 5) is 109. The van der Waals surface area contributed by atoms with E-state index in [2.05, 4.69) is 10.6 Å². The van der Waals surface area contributed by atoms with Gasteiger partial charge in [0.1, 0.15) is 42.6 Å². The predicted molar refractivity (Wildman–Crippen MR) is 232 cm³/mol. The Labute approximate surface area is 396 Å². The third kappa shape index (κ3) is 20.2. The largest absolute Gasteiger partial charge is 0.480 e. The highest BCUT2D eigenvalue weighted by molar-refractivity contribution is 5.86. The zero-order valence-electron chi connectivity index (χ0n) is 38.8. The van der Waals surface area contributed by atoms with Gasteiger partial charge in [0.25, 0.3) is 5.91 Å². The summed E-state index contributed by atoms with van der Waals surface area (Å²) in [5.74, 6) is -9.68. The zero-order valence-corrected chi connectivity index (χ0v) is 38.8. The smallest absolute Gasteiger partial charge is 0.321 e. The van der Waals surface area contributed by atoms with Crippen molar-refractivity contribution in [2.75, 3.05) is 85.1 Å². The van der Waals surface area contributed by atoms with Gasteiger partial charge >= 0.3 is 23.9 Å². The molecule has 0 bridgehead atoms. The number of hydrogen-bond acceptors (Lipinski definition) is 21. The topological polar surface area (TPSA) is 460 Å². The van der Waals surface area contributed by atoms with E-state index < -0.39 is 166 Å². The maximum absolute atomic E-state index is 13.8. The van der Waals surface area contributed by atoms with Crippen LogP contribution in [0.15, 0.2) is 0 Å². The maximum Gasteiger partial charge on any atom is 0.321 e. The predicted octanol–water partition coefficient (Wildman–Crippen LogP) is -8.55. The average Bonchev–Trinajstić information content (AvgIpc) is 3.45. The molecule has 1 aliphatic heterocycles. The molecule has 0 aliphatic carbocycles. The Morgan fingerprint density at radius 3 is 1.38 bits per heavy atom. The number of aliphatic carboxylic acids is 4. The van der Waals surface area contributed by atoms with Crippen molar-refractivity contribution in [2.45, 2.75) is 120 Å². The van der Waals surface area contributed by atoms with Crippen LogP contribution in [0.25, 0.3) is 0 Å². The van der Waals surface area contributed by atoms with Crippen molar-refractivity contribution in [3.8, 4) is 0 Å². The van der Waals surface area contributed by atoms with E-state index in [-0.39, 0.29) is 52.4 Å². The minimum Gasteiger partial charge on any atom is -0.480 e. The minimum absolute atomic E-state index is 0.0231. The number of carboxylic acid groups (broad SMARTS) is 4. The van der Waals surface area contributed by atoms with Gasteiger partial charge in [-0.3, -0.25) is 53.1 Å². The second-order valence-electron chi connectivity index (χ2n) is 16.9. The highest BCUT2D eigenvalue weighted by atomic mass is 16.5. The number of carbonyl (C=O) groups excluding carboxylic acids is 4. The molecule has 1 fully saturated rings. The van der Waals surface area contributed by atoms with E-state index in [9.17, 15) is 94.5 Å². The Balaban J connectivity index is 3.44. The molecule has 0 spiro atoms. The fourth-order valence-electron chi connectivity index (χ4n) is 7.65. The number of carbonyl (C=O) groups is 8. The molecule has 16 N–H and O–H groups in total. The number of nitrogens with zero attached hydrogens (tertiary/aromatic N) is 5. The van der Waals surface area contributed by atoms with Gasteiger partial charge in [-0.25, -0.2) is 0 Å². The lowest BCUT2D eigenvalue weighted by atomic mass is 9.95. The van der Waals surface area contributed by atoms with Crippen LogP contribution in [-0.2, 0) is 38.4 Å². The lowest BCUT2D eigenvalue weighted by Crippen LogP contribution is -2.62. The van der Waals surface area contributed by atoms with E-state index >= 15 is 0 Å². The Kier molecular flexibility index (Phi) is 27.1. The molecule has 1 saturated heterocycles. The van der Waals surface area contributed by atoms with Gasteiger partial charge in [-0.2, -0.15) is 0 Å². The first-order valence-electron chi connectivity index (χ1n) is 22.1. The van der Waals surface area contributed by atoms with Crippen LogP contribution in [0.2, 0.25) is 0 Å². The molecule has 1 aliphatic rings. The van der Waals surface area contributed by atoms with E-state index in [1.807, 2.05) is 0 Å². The molecule has 29 heteroatoms. The van der Waals surface area contributed by atoms with E-state index in [1.165, 1.54) is 26.5 Å². The van der Waals surface area contributed by atoms with E-state index in [4.69, 9.17) is 15.3 Å². The summed E-state index contributed by atoms with van der Waals surface area (Å²) in [6.07, 6.45) is -18.7. The lowest BCUT2D eigenvalue weighted by Gasteiger charge is -2.44. The molecule has 0 aromatic heterocycles. The van der Waals surface area contributed by atoms with Gasteiger partial charge in [-0.15, -0.1) is 0 Å². The van der Waals surface area contributed by atoms with Crippen molar-refractivity contribution in [2.24, 2.45) is 0 Å². The first kappa shape index (κ1) is 62.3. The Hall–Kier alpha value is -4.76. The first-order chi connectivity index (χ1) is 32.1. The van der Waals surface area contributed by atoms with E-state index in [0.29, 0.717) is 12.8 Å². The van der Waals surface area contributed by atoms with Gasteiger partial charge in [-0.1, -0.05) is 13.8 Å². The number of nitrogens with one attached hydrogen (secondary N) is 2. The summed E-state index contributed by atoms with van der Waals surface area (Å²) in [7, 11) is 0. The van der Waals surface area contributed by atoms with Gasteiger partial charge in [0.05, 0.1) is 45.1 Å². The van der Waals surface area contributed by atoms with Gasteiger partial charge in [0.15, 0.2) is 12.4 Å². The fourth-order valence-corrected chi connectivity index (χ4v) is 7.65. The lowest BCUT2D eigenvalue weighted by molar-refractivity contribution is -0.178. The second-order valence-corrected chi connectivity index (χ2v) is 16.9. The van der Waals surface area contributed by atoms with Crippen LogP contribution < -0.4 is 10.6 Å². The van der Waals surface area contributed by atoms with Crippen LogP contribution in [-0.4, -0.2) is 295 Å².